The van der Waals surface area contributed by atoms with Crippen LogP contribution in [0.25, 0.3) is 0 Å². The molecule has 0 bridgehead atoms. The summed E-state index contributed by atoms with van der Waals surface area (Å²) >= 11 is 0. The molecular weight excluding hydrogens is 236 g/mol. The van der Waals surface area contributed by atoms with Crippen LogP contribution in [0.2, 0.25) is 0 Å². The molecule has 1 aromatic heterocycles. The third-order valence-corrected chi connectivity index (χ3v) is 3.31. The molecule has 0 saturated carbocycles. The first kappa shape index (κ1) is 15.7. The van der Waals surface area contributed by atoms with Crippen molar-refractivity contribution in [3.63, 3.8) is 0 Å². The smallest absolute Gasteiger partial charge is 0.134 e. The van der Waals surface area contributed by atoms with Crippen molar-refractivity contribution in [3.8, 4) is 0 Å². The molecule has 1 heterocycles. The van der Waals surface area contributed by atoms with E-state index >= 15 is 0 Å². The minimum atomic E-state index is 0.460. The number of aromatic nitrogens is 2. The molecule has 4 nitrogen and oxygen atoms in total. The average Bonchev–Trinajstić information content (AvgIpc) is 2.41. The van der Waals surface area contributed by atoms with Crippen LogP contribution >= 0.6 is 0 Å². The molecule has 2 N–H and O–H groups in total. The van der Waals surface area contributed by atoms with Gasteiger partial charge in [0.2, 0.25) is 0 Å². The number of unbranched alkanes of at least 4 members (excludes halogenated alkanes) is 2. The average molecular weight is 264 g/mol. The normalized spacial score (nSPS) is 12.2. The van der Waals surface area contributed by atoms with Gasteiger partial charge in [-0.2, -0.15) is 0 Å². The summed E-state index contributed by atoms with van der Waals surface area (Å²) in [5, 5.41) is 6.69. The van der Waals surface area contributed by atoms with Crippen LogP contribution in [0.15, 0.2) is 6.33 Å². The fraction of sp³-hybridized carbons (Fsp3) is 0.733. The van der Waals surface area contributed by atoms with Gasteiger partial charge in [0.25, 0.3) is 0 Å². The summed E-state index contributed by atoms with van der Waals surface area (Å²) < 4.78 is 0. The molecule has 108 valence electrons. The molecule has 0 aliphatic rings. The summed E-state index contributed by atoms with van der Waals surface area (Å²) in [4.78, 5) is 8.71. The maximum atomic E-state index is 4.41. The molecule has 0 spiro atoms. The second-order valence-electron chi connectivity index (χ2n) is 5.09. The lowest BCUT2D eigenvalue weighted by Gasteiger charge is -2.18. The van der Waals surface area contributed by atoms with Gasteiger partial charge in [0.1, 0.15) is 18.0 Å². The van der Waals surface area contributed by atoms with Crippen LogP contribution in [-0.2, 0) is 6.42 Å². The van der Waals surface area contributed by atoms with Crippen LogP contribution in [0.4, 0.5) is 11.6 Å². The Morgan fingerprint density at radius 1 is 1.11 bits per heavy atom. The van der Waals surface area contributed by atoms with Gasteiger partial charge in [-0.3, -0.25) is 0 Å². The lowest BCUT2D eigenvalue weighted by Crippen LogP contribution is -2.18. The van der Waals surface area contributed by atoms with E-state index in [1.807, 2.05) is 7.05 Å². The standard InChI is InChI=1S/C15H28N4/c1-5-7-8-10-12(3)19-15-13(9-6-2)14(16-4)17-11-18-15/h11-12H,5-10H2,1-4H3,(H2,16,17,18,19). The highest BCUT2D eigenvalue weighted by molar-refractivity contribution is 5.57. The number of anilines is 2. The van der Waals surface area contributed by atoms with Gasteiger partial charge in [-0.05, 0) is 19.8 Å². The molecule has 1 aromatic rings. The fourth-order valence-corrected chi connectivity index (χ4v) is 2.25. The maximum Gasteiger partial charge on any atom is 0.134 e. The van der Waals surface area contributed by atoms with E-state index in [2.05, 4.69) is 41.4 Å². The highest BCUT2D eigenvalue weighted by Gasteiger charge is 2.11. The summed E-state index contributed by atoms with van der Waals surface area (Å²) in [6.45, 7) is 6.65. The summed E-state index contributed by atoms with van der Waals surface area (Å²) in [6, 6.07) is 0.460. The highest BCUT2D eigenvalue weighted by atomic mass is 15.1. The topological polar surface area (TPSA) is 49.8 Å². The Hall–Kier alpha value is -1.32. The van der Waals surface area contributed by atoms with E-state index in [0.29, 0.717) is 6.04 Å². The number of rotatable bonds is 9. The lowest BCUT2D eigenvalue weighted by molar-refractivity contribution is 0.613. The van der Waals surface area contributed by atoms with E-state index < -0.39 is 0 Å². The van der Waals surface area contributed by atoms with Crippen molar-refractivity contribution < 1.29 is 0 Å². The molecule has 0 aliphatic carbocycles. The van der Waals surface area contributed by atoms with E-state index in [4.69, 9.17) is 0 Å². The van der Waals surface area contributed by atoms with Crippen molar-refractivity contribution in [2.24, 2.45) is 0 Å². The SMILES string of the molecule is CCCCCC(C)Nc1ncnc(NC)c1CCC. The van der Waals surface area contributed by atoms with Crippen molar-refractivity contribution >= 4 is 11.6 Å². The van der Waals surface area contributed by atoms with Crippen molar-refractivity contribution in [2.45, 2.75) is 65.3 Å². The van der Waals surface area contributed by atoms with Crippen LogP contribution in [0.1, 0.15) is 58.4 Å². The van der Waals surface area contributed by atoms with Gasteiger partial charge >= 0.3 is 0 Å². The Labute approximate surface area is 117 Å². The molecule has 1 atom stereocenters. The first-order valence-electron chi connectivity index (χ1n) is 7.51. The van der Waals surface area contributed by atoms with Crippen LogP contribution < -0.4 is 10.6 Å². The van der Waals surface area contributed by atoms with Crippen molar-refractivity contribution in [1.82, 2.24) is 9.97 Å². The molecule has 1 rings (SSSR count). The zero-order valence-corrected chi connectivity index (χ0v) is 12.8. The van der Waals surface area contributed by atoms with Gasteiger partial charge in [-0.1, -0.05) is 39.5 Å². The zero-order valence-electron chi connectivity index (χ0n) is 12.8. The van der Waals surface area contributed by atoms with E-state index in [9.17, 15) is 0 Å². The van der Waals surface area contributed by atoms with Gasteiger partial charge in [-0.15, -0.1) is 0 Å². The minimum Gasteiger partial charge on any atom is -0.373 e. The Morgan fingerprint density at radius 3 is 2.47 bits per heavy atom. The minimum absolute atomic E-state index is 0.460. The van der Waals surface area contributed by atoms with Gasteiger partial charge in [0.05, 0.1) is 0 Å². The first-order chi connectivity index (χ1) is 9.22. The van der Waals surface area contributed by atoms with E-state index in [1.54, 1.807) is 6.33 Å². The van der Waals surface area contributed by atoms with E-state index in [1.165, 1.54) is 31.2 Å². The molecule has 0 radical (unpaired) electrons. The predicted molar refractivity (Wildman–Crippen MR) is 82.8 cm³/mol. The lowest BCUT2D eigenvalue weighted by atomic mass is 10.1. The molecule has 0 amide bonds. The molecule has 19 heavy (non-hydrogen) atoms. The third-order valence-electron chi connectivity index (χ3n) is 3.31. The summed E-state index contributed by atoms with van der Waals surface area (Å²) in [7, 11) is 1.91. The monoisotopic (exact) mass is 264 g/mol. The van der Waals surface area contributed by atoms with Crippen molar-refractivity contribution in [2.75, 3.05) is 17.7 Å². The van der Waals surface area contributed by atoms with Crippen molar-refractivity contribution in [1.29, 1.82) is 0 Å². The van der Waals surface area contributed by atoms with Crippen LogP contribution in [0, 0.1) is 0 Å². The number of hydrogen-bond acceptors (Lipinski definition) is 4. The summed E-state index contributed by atoms with van der Waals surface area (Å²) in [6.07, 6.45) is 8.77. The predicted octanol–water partition coefficient (Wildman–Crippen LogP) is 3.85. The zero-order chi connectivity index (χ0) is 14.1. The number of nitrogens with zero attached hydrogens (tertiary/aromatic N) is 2. The Balaban J connectivity index is 2.70. The first-order valence-corrected chi connectivity index (χ1v) is 7.51. The molecule has 0 aromatic carbocycles. The number of hydrogen-bond donors (Lipinski definition) is 2. The van der Waals surface area contributed by atoms with Crippen LogP contribution in [0.5, 0.6) is 0 Å². The van der Waals surface area contributed by atoms with E-state index in [0.717, 1.165) is 24.5 Å². The van der Waals surface area contributed by atoms with Gasteiger partial charge in [-0.25, -0.2) is 9.97 Å². The van der Waals surface area contributed by atoms with Crippen LogP contribution in [0.3, 0.4) is 0 Å². The second kappa shape index (κ2) is 8.73. The Morgan fingerprint density at radius 2 is 1.84 bits per heavy atom. The molecule has 0 saturated heterocycles. The highest BCUT2D eigenvalue weighted by Crippen LogP contribution is 2.22. The van der Waals surface area contributed by atoms with Crippen molar-refractivity contribution in [3.05, 3.63) is 11.9 Å². The third kappa shape index (κ3) is 5.05. The Bertz CT molecular complexity index is 365. The largest absolute Gasteiger partial charge is 0.373 e. The molecule has 1 unspecified atom stereocenters. The van der Waals surface area contributed by atoms with Gasteiger partial charge < -0.3 is 10.6 Å². The summed E-state index contributed by atoms with van der Waals surface area (Å²) in [5.41, 5.74) is 1.20. The molecule has 0 aliphatic heterocycles. The van der Waals surface area contributed by atoms with Gasteiger partial charge in [0.15, 0.2) is 0 Å². The second-order valence-corrected chi connectivity index (χ2v) is 5.09. The molecule has 0 fully saturated rings. The number of nitrogens with one attached hydrogen (secondary N) is 2. The fourth-order valence-electron chi connectivity index (χ4n) is 2.25. The van der Waals surface area contributed by atoms with Crippen LogP contribution in [-0.4, -0.2) is 23.1 Å². The Kier molecular flexibility index (Phi) is 7.23. The van der Waals surface area contributed by atoms with Gasteiger partial charge in [0, 0.05) is 18.7 Å². The van der Waals surface area contributed by atoms with E-state index in [-0.39, 0.29) is 0 Å². The molecule has 4 heteroatoms. The molecular formula is C15H28N4. The summed E-state index contributed by atoms with van der Waals surface area (Å²) in [5.74, 6) is 1.94. The quantitative estimate of drug-likeness (QED) is 0.665. The maximum absolute atomic E-state index is 4.41.